The largest absolute Gasteiger partial charge is 0.515 e. The van der Waals surface area contributed by atoms with E-state index in [0.717, 1.165) is 0 Å². The topological polar surface area (TPSA) is 59.4 Å². The molecule has 0 heterocycles. The third kappa shape index (κ3) is 4.46. The molecule has 0 aliphatic rings. The van der Waals surface area contributed by atoms with Crippen molar-refractivity contribution in [3.63, 3.8) is 0 Å². The highest BCUT2D eigenvalue weighted by molar-refractivity contribution is 5.96. The molecule has 0 bridgehead atoms. The molecule has 0 amide bonds. The van der Waals surface area contributed by atoms with Crippen molar-refractivity contribution in [3.05, 3.63) is 35.9 Å². The molecule has 82 valence electrons. The highest BCUT2D eigenvalue weighted by atomic mass is 35.5. The first-order chi connectivity index (χ1) is 6.74. The van der Waals surface area contributed by atoms with Gasteiger partial charge in [0.25, 0.3) is 0 Å². The molecule has 1 N–H and O–H groups in total. The summed E-state index contributed by atoms with van der Waals surface area (Å²) in [6.07, 6.45) is -0.846. The second-order valence-electron chi connectivity index (χ2n) is 2.48. The summed E-state index contributed by atoms with van der Waals surface area (Å²) in [4.78, 5) is 10.8. The van der Waals surface area contributed by atoms with Crippen molar-refractivity contribution in [2.45, 2.75) is 6.92 Å². The normalized spacial score (nSPS) is 8.60. The number of nitrogens with one attached hydrogen (secondary N) is 1. The number of benzene rings is 1. The van der Waals surface area contributed by atoms with Gasteiger partial charge in [-0.3, -0.25) is 5.41 Å². The standard InChI is InChI=1S/C10H11NO3.ClH/c1-2-13-10(12)14-9(11)8-6-4-3-5-7-8;/h3-7,11H,2H2,1H3;1H. The van der Waals surface area contributed by atoms with Gasteiger partial charge in [-0.2, -0.15) is 0 Å². The van der Waals surface area contributed by atoms with Gasteiger partial charge in [-0.25, -0.2) is 4.79 Å². The monoisotopic (exact) mass is 229 g/mol. The average molecular weight is 230 g/mol. The first-order valence-electron chi connectivity index (χ1n) is 4.22. The predicted molar refractivity (Wildman–Crippen MR) is 58.6 cm³/mol. The molecule has 0 aliphatic heterocycles. The SMILES string of the molecule is CCOC(=O)OC(=N)c1ccccc1.Cl. The highest BCUT2D eigenvalue weighted by Gasteiger charge is 2.08. The molecule has 0 radical (unpaired) electrons. The first kappa shape index (κ1) is 13.5. The van der Waals surface area contributed by atoms with Crippen molar-refractivity contribution in [1.29, 1.82) is 5.41 Å². The lowest BCUT2D eigenvalue weighted by Gasteiger charge is -2.04. The molecule has 4 nitrogen and oxygen atoms in total. The molecule has 1 aromatic carbocycles. The Kier molecular flexibility index (Phi) is 6.13. The van der Waals surface area contributed by atoms with Gasteiger partial charge in [0, 0.05) is 5.56 Å². The molecule has 15 heavy (non-hydrogen) atoms. The summed E-state index contributed by atoms with van der Waals surface area (Å²) in [5.41, 5.74) is 0.542. The molecule has 0 aliphatic carbocycles. The van der Waals surface area contributed by atoms with Gasteiger partial charge in [0.2, 0.25) is 5.90 Å². The summed E-state index contributed by atoms with van der Waals surface area (Å²) in [6.45, 7) is 1.91. The van der Waals surface area contributed by atoms with Crippen LogP contribution in [0.5, 0.6) is 0 Å². The molecule has 0 unspecified atom stereocenters. The van der Waals surface area contributed by atoms with Crippen molar-refractivity contribution < 1.29 is 14.3 Å². The van der Waals surface area contributed by atoms with Crippen molar-refractivity contribution >= 4 is 24.5 Å². The second kappa shape index (κ2) is 6.84. The zero-order valence-corrected chi connectivity index (χ0v) is 9.04. The predicted octanol–water partition coefficient (Wildman–Crippen LogP) is 2.61. The minimum Gasteiger partial charge on any atom is -0.434 e. The highest BCUT2D eigenvalue weighted by Crippen LogP contribution is 2.01. The lowest BCUT2D eigenvalue weighted by molar-refractivity contribution is 0.100. The van der Waals surface area contributed by atoms with Crippen LogP contribution in [-0.2, 0) is 9.47 Å². The maximum absolute atomic E-state index is 10.8. The third-order valence-electron chi connectivity index (χ3n) is 1.48. The van der Waals surface area contributed by atoms with Crippen LogP contribution in [0.3, 0.4) is 0 Å². The van der Waals surface area contributed by atoms with Crippen molar-refractivity contribution in [2.75, 3.05) is 6.61 Å². The summed E-state index contributed by atoms with van der Waals surface area (Å²) in [6, 6.07) is 8.71. The smallest absolute Gasteiger partial charge is 0.434 e. The van der Waals surface area contributed by atoms with Gasteiger partial charge in [-0.15, -0.1) is 12.4 Å². The van der Waals surface area contributed by atoms with Crippen LogP contribution < -0.4 is 0 Å². The number of rotatable bonds is 2. The maximum Gasteiger partial charge on any atom is 0.515 e. The van der Waals surface area contributed by atoms with Crippen LogP contribution in [0, 0.1) is 5.41 Å². The number of halogens is 1. The molecular weight excluding hydrogens is 218 g/mol. The Labute approximate surface area is 94.1 Å². The average Bonchev–Trinajstić information content (AvgIpc) is 2.19. The van der Waals surface area contributed by atoms with Crippen LogP contribution in [0.1, 0.15) is 12.5 Å². The van der Waals surface area contributed by atoms with E-state index in [4.69, 9.17) is 5.41 Å². The Hall–Kier alpha value is -1.55. The van der Waals surface area contributed by atoms with Gasteiger partial charge in [0.1, 0.15) is 0 Å². The molecule has 0 aromatic heterocycles. The van der Waals surface area contributed by atoms with Crippen LogP contribution in [0.25, 0.3) is 0 Å². The number of carbonyl (C=O) groups excluding carboxylic acids is 1. The van der Waals surface area contributed by atoms with Crippen LogP contribution in [-0.4, -0.2) is 18.7 Å². The van der Waals surface area contributed by atoms with E-state index in [2.05, 4.69) is 9.47 Å². The Bertz CT molecular complexity index is 327. The Morgan fingerprint density at radius 3 is 2.47 bits per heavy atom. The van der Waals surface area contributed by atoms with Crippen molar-refractivity contribution in [1.82, 2.24) is 0 Å². The van der Waals surface area contributed by atoms with E-state index in [9.17, 15) is 4.79 Å². The number of ether oxygens (including phenoxy) is 2. The Balaban J connectivity index is 0.00000196. The summed E-state index contributed by atoms with van der Waals surface area (Å²) >= 11 is 0. The number of carbonyl (C=O) groups is 1. The first-order valence-corrected chi connectivity index (χ1v) is 4.22. The number of hydrogen-bond acceptors (Lipinski definition) is 4. The second-order valence-corrected chi connectivity index (χ2v) is 2.48. The lowest BCUT2D eigenvalue weighted by Crippen LogP contribution is -2.13. The van der Waals surface area contributed by atoms with E-state index in [1.807, 2.05) is 6.07 Å². The molecule has 0 saturated carbocycles. The summed E-state index contributed by atoms with van der Waals surface area (Å²) in [5, 5.41) is 7.42. The molecule has 1 rings (SSSR count). The van der Waals surface area contributed by atoms with Gasteiger partial charge in [0.15, 0.2) is 0 Å². The third-order valence-corrected chi connectivity index (χ3v) is 1.48. The van der Waals surface area contributed by atoms with Gasteiger partial charge < -0.3 is 9.47 Å². The van der Waals surface area contributed by atoms with Gasteiger partial charge in [-0.05, 0) is 19.1 Å². The molecule has 1 aromatic rings. The van der Waals surface area contributed by atoms with Crippen molar-refractivity contribution in [2.24, 2.45) is 0 Å². The molecule has 0 atom stereocenters. The molecule has 0 saturated heterocycles. The maximum atomic E-state index is 10.8. The fourth-order valence-electron chi connectivity index (χ4n) is 0.879. The Morgan fingerprint density at radius 1 is 1.33 bits per heavy atom. The van der Waals surface area contributed by atoms with Crippen LogP contribution in [0.2, 0.25) is 0 Å². The fraction of sp³-hybridized carbons (Fsp3) is 0.200. The van der Waals surface area contributed by atoms with E-state index in [1.54, 1.807) is 31.2 Å². The molecular formula is C10H12ClNO3. The van der Waals surface area contributed by atoms with E-state index in [0.29, 0.717) is 5.56 Å². The zero-order valence-electron chi connectivity index (χ0n) is 8.23. The zero-order chi connectivity index (χ0) is 10.4. The fourth-order valence-corrected chi connectivity index (χ4v) is 0.879. The summed E-state index contributed by atoms with van der Waals surface area (Å²) < 4.78 is 9.13. The molecule has 5 heteroatoms. The van der Waals surface area contributed by atoms with Gasteiger partial charge in [-0.1, -0.05) is 18.2 Å². The van der Waals surface area contributed by atoms with E-state index in [-0.39, 0.29) is 24.9 Å². The van der Waals surface area contributed by atoms with Crippen LogP contribution in [0.15, 0.2) is 30.3 Å². The summed E-state index contributed by atoms with van der Waals surface area (Å²) in [5.74, 6) is -0.205. The minimum absolute atomic E-state index is 0. The quantitative estimate of drug-likeness (QED) is 0.482. The molecule has 0 fully saturated rings. The van der Waals surface area contributed by atoms with Crippen molar-refractivity contribution in [3.8, 4) is 0 Å². The Morgan fingerprint density at radius 2 is 1.93 bits per heavy atom. The number of hydrogen-bond donors (Lipinski definition) is 1. The van der Waals surface area contributed by atoms with E-state index >= 15 is 0 Å². The minimum atomic E-state index is -0.846. The van der Waals surface area contributed by atoms with E-state index in [1.165, 1.54) is 0 Å². The van der Waals surface area contributed by atoms with Gasteiger partial charge in [0.05, 0.1) is 6.61 Å². The van der Waals surface area contributed by atoms with Gasteiger partial charge >= 0.3 is 6.16 Å². The van der Waals surface area contributed by atoms with Crippen LogP contribution in [0.4, 0.5) is 4.79 Å². The van der Waals surface area contributed by atoms with Crippen LogP contribution >= 0.6 is 12.4 Å². The molecule has 0 spiro atoms. The summed E-state index contributed by atoms with van der Waals surface area (Å²) in [7, 11) is 0. The lowest BCUT2D eigenvalue weighted by atomic mass is 10.2. The van der Waals surface area contributed by atoms with E-state index < -0.39 is 6.16 Å².